The Morgan fingerprint density at radius 2 is 1.86 bits per heavy atom. The summed E-state index contributed by atoms with van der Waals surface area (Å²) in [6.07, 6.45) is 3.09. The number of nitrogens with two attached hydrogens (primary N) is 1. The van der Waals surface area contributed by atoms with Crippen molar-refractivity contribution >= 4 is 23.7 Å². The zero-order chi connectivity index (χ0) is 25.7. The standard InChI is InChI=1S/C25H34N2O8/c1-3-32-21(29)14-20(23(31)33-4-2)35-27-24(26)25(12-10-18(15-25)11-13-28)16-22(30)34-17-19-8-6-5-7-9-19/h5-9,14,18,28H,3-4,10-13,15-17H2,1-2H3,(H2,26,27). The van der Waals surface area contributed by atoms with Gasteiger partial charge in [0.25, 0.3) is 0 Å². The lowest BCUT2D eigenvalue weighted by molar-refractivity contribution is -0.147. The van der Waals surface area contributed by atoms with Crippen LogP contribution in [-0.4, -0.2) is 48.7 Å². The molecular formula is C25H34N2O8. The van der Waals surface area contributed by atoms with Crippen LogP contribution in [0.2, 0.25) is 0 Å². The molecule has 192 valence electrons. The van der Waals surface area contributed by atoms with Crippen molar-refractivity contribution in [2.24, 2.45) is 22.2 Å². The van der Waals surface area contributed by atoms with Crippen molar-refractivity contribution in [1.82, 2.24) is 0 Å². The summed E-state index contributed by atoms with van der Waals surface area (Å²) in [4.78, 5) is 42.0. The highest BCUT2D eigenvalue weighted by Gasteiger charge is 2.45. The Morgan fingerprint density at radius 3 is 2.51 bits per heavy atom. The highest BCUT2D eigenvalue weighted by Crippen LogP contribution is 2.46. The molecule has 2 atom stereocenters. The number of carbonyl (C=O) groups excluding carboxylic acids is 3. The molecule has 0 spiro atoms. The van der Waals surface area contributed by atoms with E-state index in [9.17, 15) is 19.5 Å². The lowest BCUT2D eigenvalue weighted by atomic mass is 9.80. The van der Waals surface area contributed by atoms with E-state index in [0.717, 1.165) is 18.1 Å². The minimum atomic E-state index is -0.905. The number of amidine groups is 1. The Balaban J connectivity index is 2.20. The second-order valence-corrected chi connectivity index (χ2v) is 8.27. The Kier molecular flexibility index (Phi) is 11.2. The largest absolute Gasteiger partial charge is 0.463 e. The number of nitrogens with zero attached hydrogens (tertiary/aromatic N) is 1. The van der Waals surface area contributed by atoms with E-state index in [-0.39, 0.29) is 44.6 Å². The monoisotopic (exact) mass is 490 g/mol. The smallest absolute Gasteiger partial charge is 0.377 e. The zero-order valence-electron chi connectivity index (χ0n) is 20.2. The van der Waals surface area contributed by atoms with Gasteiger partial charge in [-0.25, -0.2) is 9.59 Å². The SMILES string of the molecule is CCOC(=O)C=C(ON=C(N)C1(CC(=O)OCc2ccccc2)CCC(CCO)C1)C(=O)OCC. The fourth-order valence-electron chi connectivity index (χ4n) is 4.03. The van der Waals surface area contributed by atoms with E-state index in [4.69, 9.17) is 24.8 Å². The van der Waals surface area contributed by atoms with Crippen LogP contribution in [0.15, 0.2) is 47.3 Å². The Labute approximate surface area is 205 Å². The van der Waals surface area contributed by atoms with Crippen LogP contribution < -0.4 is 5.73 Å². The number of aliphatic hydroxyl groups excluding tert-OH is 1. The predicted molar refractivity (Wildman–Crippen MR) is 126 cm³/mol. The summed E-state index contributed by atoms with van der Waals surface area (Å²) in [5.41, 5.74) is 6.28. The van der Waals surface area contributed by atoms with Gasteiger partial charge in [0.15, 0.2) is 0 Å². The first-order valence-electron chi connectivity index (χ1n) is 11.7. The van der Waals surface area contributed by atoms with Gasteiger partial charge in [0.2, 0.25) is 5.76 Å². The number of ether oxygens (including phenoxy) is 3. The molecule has 0 saturated heterocycles. The van der Waals surface area contributed by atoms with Crippen molar-refractivity contribution in [3.05, 3.63) is 47.7 Å². The van der Waals surface area contributed by atoms with Crippen molar-refractivity contribution in [3.8, 4) is 0 Å². The number of carbonyl (C=O) groups is 3. The van der Waals surface area contributed by atoms with Gasteiger partial charge < -0.3 is 29.9 Å². The highest BCUT2D eigenvalue weighted by molar-refractivity contribution is 5.95. The number of rotatable bonds is 13. The summed E-state index contributed by atoms with van der Waals surface area (Å²) in [5, 5.41) is 13.3. The summed E-state index contributed by atoms with van der Waals surface area (Å²) in [6, 6.07) is 9.29. The topological polar surface area (TPSA) is 147 Å². The van der Waals surface area contributed by atoms with Gasteiger partial charge in [-0.3, -0.25) is 4.79 Å². The van der Waals surface area contributed by atoms with E-state index in [1.165, 1.54) is 0 Å². The third-order valence-corrected chi connectivity index (χ3v) is 5.77. The Hall–Kier alpha value is -3.40. The van der Waals surface area contributed by atoms with Gasteiger partial charge in [0.05, 0.1) is 25.7 Å². The molecule has 35 heavy (non-hydrogen) atoms. The van der Waals surface area contributed by atoms with Crippen LogP contribution in [0.4, 0.5) is 0 Å². The molecule has 2 rings (SSSR count). The molecule has 2 unspecified atom stereocenters. The van der Waals surface area contributed by atoms with Crippen LogP contribution in [0.1, 0.15) is 51.5 Å². The number of aliphatic hydroxyl groups is 1. The average Bonchev–Trinajstić information content (AvgIpc) is 3.25. The molecule has 0 radical (unpaired) electrons. The maximum Gasteiger partial charge on any atom is 0.377 e. The van der Waals surface area contributed by atoms with E-state index in [0.29, 0.717) is 19.3 Å². The maximum atomic E-state index is 12.7. The average molecular weight is 491 g/mol. The molecule has 1 aromatic carbocycles. The first-order valence-corrected chi connectivity index (χ1v) is 11.7. The lowest BCUT2D eigenvalue weighted by Gasteiger charge is -2.27. The van der Waals surface area contributed by atoms with Crippen molar-refractivity contribution in [1.29, 1.82) is 0 Å². The lowest BCUT2D eigenvalue weighted by Crippen LogP contribution is -2.38. The van der Waals surface area contributed by atoms with Crippen LogP contribution >= 0.6 is 0 Å². The number of hydrogen-bond donors (Lipinski definition) is 2. The van der Waals surface area contributed by atoms with E-state index in [2.05, 4.69) is 5.16 Å². The van der Waals surface area contributed by atoms with Gasteiger partial charge in [-0.1, -0.05) is 35.5 Å². The summed E-state index contributed by atoms with van der Waals surface area (Å²) >= 11 is 0. The molecule has 1 aromatic rings. The first kappa shape index (κ1) is 27.8. The number of benzene rings is 1. The van der Waals surface area contributed by atoms with Crippen molar-refractivity contribution < 1.29 is 38.5 Å². The quantitative estimate of drug-likeness (QED) is 0.0810. The zero-order valence-corrected chi connectivity index (χ0v) is 20.2. The molecule has 0 aliphatic heterocycles. The molecule has 1 aliphatic carbocycles. The van der Waals surface area contributed by atoms with E-state index >= 15 is 0 Å². The Bertz CT molecular complexity index is 915. The van der Waals surface area contributed by atoms with Crippen LogP contribution in [0, 0.1) is 11.3 Å². The number of oxime groups is 1. The normalized spacial score (nSPS) is 20.3. The second-order valence-electron chi connectivity index (χ2n) is 8.27. The summed E-state index contributed by atoms with van der Waals surface area (Å²) in [6.45, 7) is 3.53. The third-order valence-electron chi connectivity index (χ3n) is 5.77. The number of esters is 3. The molecule has 0 amide bonds. The first-order chi connectivity index (χ1) is 16.8. The Morgan fingerprint density at radius 1 is 1.14 bits per heavy atom. The molecule has 0 heterocycles. The molecule has 3 N–H and O–H groups in total. The molecule has 0 aromatic heterocycles. The molecule has 1 aliphatic rings. The van der Waals surface area contributed by atoms with Crippen molar-refractivity contribution in [2.75, 3.05) is 19.8 Å². The summed E-state index contributed by atoms with van der Waals surface area (Å²) in [5.74, 6) is -2.52. The summed E-state index contributed by atoms with van der Waals surface area (Å²) in [7, 11) is 0. The third kappa shape index (κ3) is 8.71. The fourth-order valence-corrected chi connectivity index (χ4v) is 4.03. The fraction of sp³-hybridized carbons (Fsp3) is 0.520. The van der Waals surface area contributed by atoms with E-state index in [1.54, 1.807) is 13.8 Å². The minimum Gasteiger partial charge on any atom is -0.463 e. The molecule has 1 saturated carbocycles. The second kappa shape index (κ2) is 14.1. The summed E-state index contributed by atoms with van der Waals surface area (Å²) < 4.78 is 15.2. The van der Waals surface area contributed by atoms with Gasteiger partial charge in [0.1, 0.15) is 12.4 Å². The van der Waals surface area contributed by atoms with Crippen molar-refractivity contribution in [3.63, 3.8) is 0 Å². The highest BCUT2D eigenvalue weighted by atomic mass is 16.7. The molecular weight excluding hydrogens is 456 g/mol. The van der Waals surface area contributed by atoms with Gasteiger partial charge in [-0.05, 0) is 51.0 Å². The predicted octanol–water partition coefficient (Wildman–Crippen LogP) is 2.59. The van der Waals surface area contributed by atoms with Gasteiger partial charge in [0, 0.05) is 12.0 Å². The van der Waals surface area contributed by atoms with Crippen LogP contribution in [-0.2, 0) is 40.0 Å². The van der Waals surface area contributed by atoms with Gasteiger partial charge in [-0.15, -0.1) is 0 Å². The molecule has 1 fully saturated rings. The number of hydrogen-bond acceptors (Lipinski definition) is 9. The minimum absolute atomic E-state index is 0.00587. The van der Waals surface area contributed by atoms with Crippen LogP contribution in [0.5, 0.6) is 0 Å². The van der Waals surface area contributed by atoms with Crippen LogP contribution in [0.3, 0.4) is 0 Å². The van der Waals surface area contributed by atoms with Gasteiger partial charge >= 0.3 is 17.9 Å². The van der Waals surface area contributed by atoms with E-state index < -0.39 is 29.1 Å². The molecule has 0 bridgehead atoms. The van der Waals surface area contributed by atoms with E-state index in [1.807, 2.05) is 30.3 Å². The van der Waals surface area contributed by atoms with Crippen molar-refractivity contribution in [2.45, 2.75) is 52.6 Å². The maximum absolute atomic E-state index is 12.7. The molecule has 10 heteroatoms. The van der Waals surface area contributed by atoms with Gasteiger partial charge in [-0.2, -0.15) is 0 Å². The molecule has 10 nitrogen and oxygen atoms in total. The van der Waals surface area contributed by atoms with Crippen LogP contribution in [0.25, 0.3) is 0 Å².